The summed E-state index contributed by atoms with van der Waals surface area (Å²) in [6.45, 7) is 0. The summed E-state index contributed by atoms with van der Waals surface area (Å²) in [7, 11) is 0. The molecule has 110 valence electrons. The van der Waals surface area contributed by atoms with Crippen molar-refractivity contribution in [2.24, 2.45) is 0 Å². The van der Waals surface area contributed by atoms with Gasteiger partial charge in [0.2, 0.25) is 0 Å². The molecule has 2 nitrogen and oxygen atoms in total. The van der Waals surface area contributed by atoms with Crippen molar-refractivity contribution in [2.45, 2.75) is 0 Å². The van der Waals surface area contributed by atoms with Gasteiger partial charge < -0.3 is 5.11 Å². The lowest BCUT2D eigenvalue weighted by Crippen LogP contribution is -1.89. The van der Waals surface area contributed by atoms with Crippen molar-refractivity contribution in [1.82, 2.24) is 4.98 Å². The molecule has 4 rings (SSSR count). The molecule has 0 fully saturated rings. The Kier molecular flexibility index (Phi) is 3.28. The van der Waals surface area contributed by atoms with E-state index in [1.807, 2.05) is 48.5 Å². The third-order valence-electron chi connectivity index (χ3n) is 3.96. The highest BCUT2D eigenvalue weighted by Crippen LogP contribution is 2.32. The number of aromatic nitrogens is 1. The molecule has 3 aromatic carbocycles. The first-order chi connectivity index (χ1) is 11.3. The Hall–Kier alpha value is -3.13. The number of aromatic hydroxyl groups is 1. The van der Waals surface area contributed by atoms with Crippen molar-refractivity contribution in [3.8, 4) is 28.1 Å². The first-order valence-corrected chi connectivity index (χ1v) is 7.56. The number of hydrogen-bond acceptors (Lipinski definition) is 2. The zero-order valence-electron chi connectivity index (χ0n) is 12.5. The lowest BCUT2D eigenvalue weighted by atomic mass is 9.98. The fourth-order valence-corrected chi connectivity index (χ4v) is 2.81. The summed E-state index contributed by atoms with van der Waals surface area (Å²) in [5.41, 5.74) is 5.20. The summed E-state index contributed by atoms with van der Waals surface area (Å²) in [6.07, 6.45) is 0. The van der Waals surface area contributed by atoms with Gasteiger partial charge in [-0.3, -0.25) is 0 Å². The van der Waals surface area contributed by atoms with E-state index in [0.29, 0.717) is 0 Å². The fraction of sp³-hybridized carbons (Fsp3) is 0. The molecule has 0 amide bonds. The van der Waals surface area contributed by atoms with E-state index in [-0.39, 0.29) is 5.75 Å². The van der Waals surface area contributed by atoms with Crippen LogP contribution in [0.2, 0.25) is 0 Å². The molecule has 0 unspecified atom stereocenters. The van der Waals surface area contributed by atoms with Gasteiger partial charge in [-0.1, -0.05) is 60.7 Å². The minimum atomic E-state index is 0.274. The molecule has 1 N–H and O–H groups in total. The maximum Gasteiger partial charge on any atom is 0.115 e. The molecule has 0 radical (unpaired) electrons. The predicted molar refractivity (Wildman–Crippen MR) is 94.3 cm³/mol. The number of pyridine rings is 1. The second kappa shape index (κ2) is 5.58. The van der Waals surface area contributed by atoms with E-state index in [1.165, 1.54) is 0 Å². The van der Waals surface area contributed by atoms with Gasteiger partial charge in [-0.05, 0) is 35.4 Å². The number of nitrogens with zero attached hydrogens (tertiary/aromatic N) is 1. The average Bonchev–Trinajstić information content (AvgIpc) is 2.62. The highest BCUT2D eigenvalue weighted by Gasteiger charge is 2.09. The molecule has 2 heteroatoms. The number of phenolic OH excluding ortho intramolecular Hbond substituents is 1. The first kappa shape index (κ1) is 13.5. The number of benzene rings is 3. The Morgan fingerprint density at radius 3 is 2.13 bits per heavy atom. The predicted octanol–water partition coefficient (Wildman–Crippen LogP) is 5.27. The summed E-state index contributed by atoms with van der Waals surface area (Å²) in [5.74, 6) is 0.274. The molecular weight excluding hydrogens is 282 g/mol. The minimum absolute atomic E-state index is 0.274. The van der Waals surface area contributed by atoms with Gasteiger partial charge in [0.25, 0.3) is 0 Å². The van der Waals surface area contributed by atoms with Crippen molar-refractivity contribution >= 4 is 10.9 Å². The molecule has 0 atom stereocenters. The van der Waals surface area contributed by atoms with Crippen LogP contribution in [0.5, 0.6) is 5.75 Å². The molecular formula is C21H15NO. The summed E-state index contributed by atoms with van der Waals surface area (Å²) in [4.78, 5) is 4.80. The quantitative estimate of drug-likeness (QED) is 0.546. The molecule has 0 saturated carbocycles. The van der Waals surface area contributed by atoms with Gasteiger partial charge in [-0.25, -0.2) is 4.98 Å². The van der Waals surface area contributed by atoms with Crippen LogP contribution in [0.1, 0.15) is 0 Å². The van der Waals surface area contributed by atoms with Crippen LogP contribution >= 0.6 is 0 Å². The Bertz CT molecular complexity index is 960. The Labute approximate surface area is 134 Å². The van der Waals surface area contributed by atoms with E-state index in [1.54, 1.807) is 12.1 Å². The van der Waals surface area contributed by atoms with E-state index in [2.05, 4.69) is 24.3 Å². The molecule has 1 heterocycles. The van der Waals surface area contributed by atoms with Crippen LogP contribution < -0.4 is 0 Å². The third kappa shape index (κ3) is 2.55. The van der Waals surface area contributed by atoms with Gasteiger partial charge in [0.15, 0.2) is 0 Å². The van der Waals surface area contributed by atoms with E-state index < -0.39 is 0 Å². The second-order valence-corrected chi connectivity index (χ2v) is 5.49. The summed E-state index contributed by atoms with van der Waals surface area (Å²) >= 11 is 0. The van der Waals surface area contributed by atoms with Gasteiger partial charge in [0, 0.05) is 10.9 Å². The first-order valence-electron chi connectivity index (χ1n) is 7.56. The van der Waals surface area contributed by atoms with Gasteiger partial charge >= 0.3 is 0 Å². The molecule has 4 aromatic rings. The minimum Gasteiger partial charge on any atom is -0.508 e. The number of fused-ring (bicyclic) bond motifs is 1. The van der Waals surface area contributed by atoms with Gasteiger partial charge in [0.1, 0.15) is 5.75 Å². The highest BCUT2D eigenvalue weighted by atomic mass is 16.3. The molecule has 0 aliphatic heterocycles. The SMILES string of the molecule is Oc1ccc(-c2cc(-c3ccccc3)nc3ccccc23)cc1. The van der Waals surface area contributed by atoms with Gasteiger partial charge in [0.05, 0.1) is 11.2 Å². The van der Waals surface area contributed by atoms with E-state index >= 15 is 0 Å². The Balaban J connectivity index is 2.00. The van der Waals surface area contributed by atoms with E-state index in [4.69, 9.17) is 4.98 Å². The second-order valence-electron chi connectivity index (χ2n) is 5.49. The topological polar surface area (TPSA) is 33.1 Å². The molecule has 0 aliphatic rings. The van der Waals surface area contributed by atoms with Crippen molar-refractivity contribution in [2.75, 3.05) is 0 Å². The van der Waals surface area contributed by atoms with Crippen molar-refractivity contribution < 1.29 is 5.11 Å². The molecule has 0 aliphatic carbocycles. The molecule has 23 heavy (non-hydrogen) atoms. The van der Waals surface area contributed by atoms with Crippen LogP contribution in [-0.4, -0.2) is 10.1 Å². The van der Waals surface area contributed by atoms with Crippen LogP contribution in [0.3, 0.4) is 0 Å². The van der Waals surface area contributed by atoms with Crippen molar-refractivity contribution in [1.29, 1.82) is 0 Å². The van der Waals surface area contributed by atoms with Crippen LogP contribution in [0.15, 0.2) is 84.9 Å². The highest BCUT2D eigenvalue weighted by molar-refractivity contribution is 5.96. The van der Waals surface area contributed by atoms with Crippen LogP contribution in [0, 0.1) is 0 Å². The number of hydrogen-bond donors (Lipinski definition) is 1. The third-order valence-corrected chi connectivity index (χ3v) is 3.96. The zero-order chi connectivity index (χ0) is 15.6. The average molecular weight is 297 g/mol. The summed E-state index contributed by atoms with van der Waals surface area (Å²) < 4.78 is 0. The fourth-order valence-electron chi connectivity index (χ4n) is 2.81. The van der Waals surface area contributed by atoms with Crippen LogP contribution in [0.25, 0.3) is 33.3 Å². The standard InChI is InChI=1S/C21H15NO/c23-17-12-10-15(11-13-17)19-14-21(16-6-2-1-3-7-16)22-20-9-5-4-8-18(19)20/h1-14,23H. The number of rotatable bonds is 2. The smallest absolute Gasteiger partial charge is 0.115 e. The maximum atomic E-state index is 9.54. The summed E-state index contributed by atoms with van der Waals surface area (Å²) in [5, 5.41) is 10.6. The number of para-hydroxylation sites is 1. The lowest BCUT2D eigenvalue weighted by Gasteiger charge is -2.10. The van der Waals surface area contributed by atoms with Crippen molar-refractivity contribution in [3.63, 3.8) is 0 Å². The van der Waals surface area contributed by atoms with E-state index in [0.717, 1.165) is 33.3 Å². The maximum absolute atomic E-state index is 9.54. The normalized spacial score (nSPS) is 10.8. The summed E-state index contributed by atoms with van der Waals surface area (Å²) in [6, 6.07) is 27.7. The lowest BCUT2D eigenvalue weighted by molar-refractivity contribution is 0.475. The Morgan fingerprint density at radius 1 is 0.652 bits per heavy atom. The largest absolute Gasteiger partial charge is 0.508 e. The van der Waals surface area contributed by atoms with E-state index in [9.17, 15) is 5.11 Å². The zero-order valence-corrected chi connectivity index (χ0v) is 12.5. The monoisotopic (exact) mass is 297 g/mol. The molecule has 0 saturated heterocycles. The molecule has 1 aromatic heterocycles. The van der Waals surface area contributed by atoms with Gasteiger partial charge in [-0.2, -0.15) is 0 Å². The van der Waals surface area contributed by atoms with Crippen molar-refractivity contribution in [3.05, 3.63) is 84.9 Å². The molecule has 0 bridgehead atoms. The van der Waals surface area contributed by atoms with Gasteiger partial charge in [-0.15, -0.1) is 0 Å². The van der Waals surface area contributed by atoms with Crippen LogP contribution in [-0.2, 0) is 0 Å². The van der Waals surface area contributed by atoms with Crippen LogP contribution in [0.4, 0.5) is 0 Å². The number of phenols is 1. The Morgan fingerprint density at radius 2 is 1.35 bits per heavy atom. The molecule has 0 spiro atoms.